The van der Waals surface area contributed by atoms with Gasteiger partial charge < -0.3 is 21.5 Å². The summed E-state index contributed by atoms with van der Waals surface area (Å²) in [6, 6.07) is 24.4. The number of hydrogen-bond acceptors (Lipinski definition) is 4. The Morgan fingerprint density at radius 1 is 0.853 bits per heavy atom. The predicted octanol–water partition coefficient (Wildman–Crippen LogP) is 4.13. The molecule has 0 aliphatic heterocycles. The molecule has 180 valence electrons. The number of aromatic hydroxyl groups is 1. The molecule has 3 aromatic rings. The Bertz CT molecular complexity index is 1010. The van der Waals surface area contributed by atoms with E-state index in [2.05, 4.69) is 0 Å². The molecule has 0 aliphatic carbocycles. The molecular formula is C27H32ClN3O3. The second-order valence-electron chi connectivity index (χ2n) is 8.12. The average molecular weight is 482 g/mol. The number of primary amides is 1. The van der Waals surface area contributed by atoms with Gasteiger partial charge in [0.05, 0.1) is 12.0 Å². The van der Waals surface area contributed by atoms with E-state index in [0.717, 1.165) is 16.7 Å². The molecule has 7 heteroatoms. The zero-order valence-electron chi connectivity index (χ0n) is 19.2. The van der Waals surface area contributed by atoms with E-state index < -0.39 is 23.9 Å². The molecule has 0 heterocycles. The van der Waals surface area contributed by atoms with Crippen molar-refractivity contribution in [3.05, 3.63) is 102 Å². The summed E-state index contributed by atoms with van der Waals surface area (Å²) in [6.45, 7) is 2.26. The van der Waals surface area contributed by atoms with Crippen molar-refractivity contribution in [3.63, 3.8) is 0 Å². The first-order valence-corrected chi connectivity index (χ1v) is 11.1. The van der Waals surface area contributed by atoms with Gasteiger partial charge in [-0.1, -0.05) is 72.8 Å². The van der Waals surface area contributed by atoms with E-state index in [-0.39, 0.29) is 24.1 Å². The standard InChI is InChI=1S/C27H31N3O3.ClH/c1-19(20-14-16-23(31)17-15-20)30(24(26(29)32)13-8-18-28)27(33)25(21-9-4-2-5-10-21)22-11-6-3-7-12-22;/h2-7,9-12,14-17,19,24-25,31H,8,13,18,28H2,1H3,(H2,29,32);1H/t19-,24+;/m0./s1. The van der Waals surface area contributed by atoms with E-state index in [1.807, 2.05) is 67.6 Å². The van der Waals surface area contributed by atoms with Crippen LogP contribution in [0.4, 0.5) is 0 Å². The van der Waals surface area contributed by atoms with E-state index in [1.165, 1.54) is 0 Å². The molecule has 2 amide bonds. The number of carbonyl (C=O) groups excluding carboxylic acids is 2. The Labute approximate surface area is 207 Å². The van der Waals surface area contributed by atoms with Crippen molar-refractivity contribution in [3.8, 4) is 5.75 Å². The predicted molar refractivity (Wildman–Crippen MR) is 137 cm³/mol. The highest BCUT2D eigenvalue weighted by Gasteiger charge is 2.37. The van der Waals surface area contributed by atoms with Gasteiger partial charge in [0.2, 0.25) is 11.8 Å². The van der Waals surface area contributed by atoms with Crippen LogP contribution in [-0.4, -0.2) is 34.4 Å². The number of amides is 2. The lowest BCUT2D eigenvalue weighted by molar-refractivity contribution is -0.142. The summed E-state index contributed by atoms with van der Waals surface area (Å²) in [5.41, 5.74) is 14.0. The van der Waals surface area contributed by atoms with Crippen molar-refractivity contribution < 1.29 is 14.7 Å². The van der Waals surface area contributed by atoms with Crippen LogP contribution in [0.3, 0.4) is 0 Å². The molecule has 2 atom stereocenters. The summed E-state index contributed by atoms with van der Waals surface area (Å²) in [5.74, 6) is -1.26. The fraction of sp³-hybridized carbons (Fsp3) is 0.259. The molecule has 0 aliphatic rings. The minimum absolute atomic E-state index is 0. The average Bonchev–Trinajstić information content (AvgIpc) is 2.83. The molecular weight excluding hydrogens is 450 g/mol. The van der Waals surface area contributed by atoms with Gasteiger partial charge in [-0.3, -0.25) is 9.59 Å². The highest BCUT2D eigenvalue weighted by atomic mass is 35.5. The van der Waals surface area contributed by atoms with Crippen LogP contribution in [-0.2, 0) is 9.59 Å². The Morgan fingerprint density at radius 2 is 1.35 bits per heavy atom. The second-order valence-corrected chi connectivity index (χ2v) is 8.12. The van der Waals surface area contributed by atoms with Crippen LogP contribution in [0.25, 0.3) is 0 Å². The van der Waals surface area contributed by atoms with Crippen molar-refractivity contribution in [2.45, 2.75) is 37.8 Å². The highest BCUT2D eigenvalue weighted by Crippen LogP contribution is 2.33. The molecule has 0 saturated carbocycles. The van der Waals surface area contributed by atoms with Gasteiger partial charge in [0, 0.05) is 0 Å². The molecule has 34 heavy (non-hydrogen) atoms. The maximum atomic E-state index is 14.3. The molecule has 5 N–H and O–H groups in total. The van der Waals surface area contributed by atoms with Gasteiger partial charge in [0.25, 0.3) is 0 Å². The molecule has 3 aromatic carbocycles. The van der Waals surface area contributed by atoms with Gasteiger partial charge in [-0.15, -0.1) is 12.4 Å². The maximum absolute atomic E-state index is 14.3. The third kappa shape index (κ3) is 6.37. The Kier molecular flexibility index (Phi) is 10.1. The van der Waals surface area contributed by atoms with Crippen LogP contribution in [0.5, 0.6) is 5.75 Å². The lowest BCUT2D eigenvalue weighted by Gasteiger charge is -2.38. The molecule has 3 rings (SSSR count). The largest absolute Gasteiger partial charge is 0.508 e. The second kappa shape index (κ2) is 12.8. The number of hydrogen-bond donors (Lipinski definition) is 3. The van der Waals surface area contributed by atoms with Gasteiger partial charge in [0.15, 0.2) is 0 Å². The van der Waals surface area contributed by atoms with Gasteiger partial charge in [0.1, 0.15) is 11.8 Å². The van der Waals surface area contributed by atoms with Crippen molar-refractivity contribution in [2.75, 3.05) is 6.54 Å². The number of carbonyl (C=O) groups is 2. The molecule has 0 radical (unpaired) electrons. The monoisotopic (exact) mass is 481 g/mol. The Balaban J connectivity index is 0.00000408. The quantitative estimate of drug-likeness (QED) is 0.404. The number of nitrogens with two attached hydrogens (primary N) is 2. The minimum atomic E-state index is -0.820. The van der Waals surface area contributed by atoms with Gasteiger partial charge in [-0.05, 0) is 55.1 Å². The van der Waals surface area contributed by atoms with Gasteiger partial charge in [-0.25, -0.2) is 0 Å². The van der Waals surface area contributed by atoms with E-state index in [0.29, 0.717) is 19.4 Å². The molecule has 6 nitrogen and oxygen atoms in total. The molecule has 0 aromatic heterocycles. The van der Waals surface area contributed by atoms with Crippen LogP contribution in [0, 0.1) is 0 Å². The summed E-state index contributed by atoms with van der Waals surface area (Å²) in [4.78, 5) is 28.4. The lowest BCUT2D eigenvalue weighted by atomic mass is 9.88. The zero-order valence-corrected chi connectivity index (χ0v) is 20.0. The van der Waals surface area contributed by atoms with Crippen molar-refractivity contribution in [1.82, 2.24) is 4.90 Å². The van der Waals surface area contributed by atoms with Crippen molar-refractivity contribution in [2.24, 2.45) is 11.5 Å². The first kappa shape index (κ1) is 26.9. The zero-order chi connectivity index (χ0) is 23.8. The molecule has 0 fully saturated rings. The number of benzene rings is 3. The van der Waals surface area contributed by atoms with E-state index in [9.17, 15) is 14.7 Å². The third-order valence-electron chi connectivity index (χ3n) is 5.91. The molecule has 0 saturated heterocycles. The van der Waals surface area contributed by atoms with Crippen LogP contribution in [0.1, 0.15) is 48.4 Å². The number of halogens is 1. The van der Waals surface area contributed by atoms with Gasteiger partial charge in [-0.2, -0.15) is 0 Å². The molecule has 0 spiro atoms. The number of rotatable bonds is 10. The third-order valence-corrected chi connectivity index (χ3v) is 5.91. The van der Waals surface area contributed by atoms with E-state index >= 15 is 0 Å². The van der Waals surface area contributed by atoms with Gasteiger partial charge >= 0.3 is 0 Å². The first-order chi connectivity index (χ1) is 15.9. The van der Waals surface area contributed by atoms with Crippen LogP contribution in [0.2, 0.25) is 0 Å². The maximum Gasteiger partial charge on any atom is 0.240 e. The fourth-order valence-electron chi connectivity index (χ4n) is 4.18. The van der Waals surface area contributed by atoms with Crippen LogP contribution in [0.15, 0.2) is 84.9 Å². The summed E-state index contributed by atoms with van der Waals surface area (Å²) in [5, 5.41) is 9.72. The SMILES string of the molecule is C[C@@H](c1ccc(O)cc1)N(C(=O)C(c1ccccc1)c1ccccc1)[C@H](CCCN)C(N)=O.Cl. The minimum Gasteiger partial charge on any atom is -0.508 e. The normalized spacial score (nSPS) is 12.4. The van der Waals surface area contributed by atoms with E-state index in [1.54, 1.807) is 29.2 Å². The first-order valence-electron chi connectivity index (χ1n) is 11.1. The highest BCUT2D eigenvalue weighted by molar-refractivity contribution is 5.92. The molecule has 0 unspecified atom stereocenters. The van der Waals surface area contributed by atoms with Crippen molar-refractivity contribution in [1.29, 1.82) is 0 Å². The van der Waals surface area contributed by atoms with Crippen LogP contribution < -0.4 is 11.5 Å². The fourth-order valence-corrected chi connectivity index (χ4v) is 4.18. The number of phenolic OH excluding ortho intramolecular Hbond substituents is 1. The van der Waals surface area contributed by atoms with E-state index in [4.69, 9.17) is 11.5 Å². The van der Waals surface area contributed by atoms with Crippen LogP contribution >= 0.6 is 12.4 Å². The summed E-state index contributed by atoms with van der Waals surface area (Å²) in [6.07, 6.45) is 0.928. The number of phenols is 1. The topological polar surface area (TPSA) is 110 Å². The molecule has 0 bridgehead atoms. The summed E-state index contributed by atoms with van der Waals surface area (Å²) >= 11 is 0. The van der Waals surface area contributed by atoms with Crippen molar-refractivity contribution >= 4 is 24.2 Å². The number of nitrogens with zero attached hydrogens (tertiary/aromatic N) is 1. The Morgan fingerprint density at radius 3 is 1.79 bits per heavy atom. The lowest BCUT2D eigenvalue weighted by Crippen LogP contribution is -2.50. The summed E-state index contributed by atoms with van der Waals surface area (Å²) in [7, 11) is 0. The summed E-state index contributed by atoms with van der Waals surface area (Å²) < 4.78 is 0. The smallest absolute Gasteiger partial charge is 0.240 e. The Hall–Kier alpha value is -3.35.